The van der Waals surface area contributed by atoms with Crippen LogP contribution in [0.4, 0.5) is 0 Å². The third kappa shape index (κ3) is 4.18. The summed E-state index contributed by atoms with van der Waals surface area (Å²) < 4.78 is 0. The van der Waals surface area contributed by atoms with Gasteiger partial charge in [0.1, 0.15) is 0 Å². The van der Waals surface area contributed by atoms with E-state index in [1.165, 1.54) is 11.3 Å². The summed E-state index contributed by atoms with van der Waals surface area (Å²) >= 11 is 1.35. The lowest BCUT2D eigenvalue weighted by Crippen LogP contribution is -2.25. The van der Waals surface area contributed by atoms with Crippen molar-refractivity contribution in [1.29, 1.82) is 0 Å². The fraction of sp³-hybridized carbons (Fsp3) is 0.294. The average molecular weight is 317 g/mol. The van der Waals surface area contributed by atoms with E-state index in [2.05, 4.69) is 5.32 Å². The van der Waals surface area contributed by atoms with Gasteiger partial charge in [-0.1, -0.05) is 30.3 Å². The van der Waals surface area contributed by atoms with Crippen LogP contribution in [0.25, 0.3) is 0 Å². The first-order chi connectivity index (χ1) is 10.4. The molecule has 0 spiro atoms. The van der Waals surface area contributed by atoms with Crippen molar-refractivity contribution < 1.29 is 14.7 Å². The number of thiophene rings is 1. The first kappa shape index (κ1) is 16.2. The molecule has 116 valence electrons. The van der Waals surface area contributed by atoms with Crippen LogP contribution in [-0.2, 0) is 17.8 Å². The molecule has 1 heterocycles. The Balaban J connectivity index is 1.96. The summed E-state index contributed by atoms with van der Waals surface area (Å²) in [7, 11) is 0. The number of rotatable bonds is 6. The first-order valence-electron chi connectivity index (χ1n) is 7.03. The number of amides is 1. The van der Waals surface area contributed by atoms with E-state index in [-0.39, 0.29) is 5.91 Å². The number of aliphatic carboxylic acids is 1. The Morgan fingerprint density at radius 1 is 1.14 bits per heavy atom. The smallest absolute Gasteiger partial charge is 0.309 e. The van der Waals surface area contributed by atoms with Crippen LogP contribution in [0.5, 0.6) is 0 Å². The number of hydrogen-bond donors (Lipinski definition) is 2. The van der Waals surface area contributed by atoms with Crippen molar-refractivity contribution >= 4 is 23.2 Å². The minimum Gasteiger partial charge on any atom is -0.481 e. The molecular formula is C17H19NO3S. The molecule has 5 heteroatoms. The number of benzene rings is 1. The third-order valence-corrected chi connectivity index (χ3v) is 4.46. The Hall–Kier alpha value is -2.14. The summed E-state index contributed by atoms with van der Waals surface area (Å²) in [5.74, 6) is -0.968. The molecule has 0 fully saturated rings. The van der Waals surface area contributed by atoms with Gasteiger partial charge in [0.2, 0.25) is 0 Å². The Bertz CT molecular complexity index is 662. The average Bonchev–Trinajstić information content (AvgIpc) is 2.93. The number of carboxylic acid groups (broad SMARTS) is 1. The molecule has 0 atom stereocenters. The summed E-state index contributed by atoms with van der Waals surface area (Å²) in [4.78, 5) is 24.8. The zero-order valence-corrected chi connectivity index (χ0v) is 13.4. The molecule has 22 heavy (non-hydrogen) atoms. The highest BCUT2D eigenvalue weighted by Gasteiger charge is 2.28. The van der Waals surface area contributed by atoms with Gasteiger partial charge in [-0.3, -0.25) is 9.59 Å². The van der Waals surface area contributed by atoms with Crippen molar-refractivity contribution in [3.63, 3.8) is 0 Å². The summed E-state index contributed by atoms with van der Waals surface area (Å²) in [6.07, 6.45) is 0.416. The molecule has 0 saturated carbocycles. The molecule has 0 aliphatic heterocycles. The topological polar surface area (TPSA) is 66.4 Å². The van der Waals surface area contributed by atoms with Crippen LogP contribution in [0.1, 0.15) is 34.0 Å². The van der Waals surface area contributed by atoms with Gasteiger partial charge in [-0.2, -0.15) is 0 Å². The van der Waals surface area contributed by atoms with Crippen LogP contribution >= 0.6 is 11.3 Å². The number of nitrogens with one attached hydrogen (secondary N) is 1. The van der Waals surface area contributed by atoms with Crippen molar-refractivity contribution in [1.82, 2.24) is 5.32 Å². The molecule has 1 amide bonds. The highest BCUT2D eigenvalue weighted by molar-refractivity contribution is 7.14. The lowest BCUT2D eigenvalue weighted by Gasteiger charge is -2.17. The predicted molar refractivity (Wildman–Crippen MR) is 87.1 cm³/mol. The molecule has 2 aromatic rings. The molecule has 0 aliphatic rings. The molecule has 2 N–H and O–H groups in total. The van der Waals surface area contributed by atoms with E-state index in [0.717, 1.165) is 10.4 Å². The van der Waals surface area contributed by atoms with Gasteiger partial charge in [0.15, 0.2) is 0 Å². The van der Waals surface area contributed by atoms with Gasteiger partial charge in [-0.15, -0.1) is 11.3 Å². The molecule has 0 aliphatic carbocycles. The largest absolute Gasteiger partial charge is 0.481 e. The van der Waals surface area contributed by atoms with Gasteiger partial charge in [0.05, 0.1) is 10.3 Å². The van der Waals surface area contributed by atoms with Crippen LogP contribution in [0, 0.1) is 5.41 Å². The van der Waals surface area contributed by atoms with E-state index in [4.69, 9.17) is 5.11 Å². The van der Waals surface area contributed by atoms with Crippen LogP contribution in [0.2, 0.25) is 0 Å². The van der Waals surface area contributed by atoms with Gasteiger partial charge in [0, 0.05) is 11.4 Å². The summed E-state index contributed by atoms with van der Waals surface area (Å²) in [5, 5.41) is 12.0. The number of carbonyl (C=O) groups is 2. The first-order valence-corrected chi connectivity index (χ1v) is 7.84. The Labute approximate surface area is 133 Å². The molecule has 0 bridgehead atoms. The lowest BCUT2D eigenvalue weighted by atomic mass is 9.89. The second-order valence-corrected chi connectivity index (χ2v) is 6.97. The number of carbonyl (C=O) groups excluding carboxylic acids is 1. The van der Waals surface area contributed by atoms with Crippen molar-refractivity contribution in [3.8, 4) is 0 Å². The normalized spacial score (nSPS) is 11.2. The Morgan fingerprint density at radius 3 is 2.45 bits per heavy atom. The Morgan fingerprint density at radius 2 is 1.82 bits per heavy atom. The fourth-order valence-corrected chi connectivity index (χ4v) is 3.12. The van der Waals surface area contributed by atoms with Crippen molar-refractivity contribution in [3.05, 3.63) is 57.8 Å². The molecule has 1 aromatic heterocycles. The second kappa shape index (κ2) is 6.75. The zero-order valence-electron chi connectivity index (χ0n) is 12.6. The summed E-state index contributed by atoms with van der Waals surface area (Å²) in [6, 6.07) is 13.3. The maximum absolute atomic E-state index is 12.1. The van der Waals surface area contributed by atoms with Crippen LogP contribution in [-0.4, -0.2) is 17.0 Å². The van der Waals surface area contributed by atoms with E-state index in [9.17, 15) is 9.59 Å². The number of hydrogen-bond acceptors (Lipinski definition) is 3. The van der Waals surface area contributed by atoms with Gasteiger partial charge in [-0.25, -0.2) is 0 Å². The highest BCUT2D eigenvalue weighted by Crippen LogP contribution is 2.27. The Kier molecular flexibility index (Phi) is 4.98. The van der Waals surface area contributed by atoms with E-state index >= 15 is 0 Å². The van der Waals surface area contributed by atoms with E-state index in [1.54, 1.807) is 19.9 Å². The third-order valence-electron chi connectivity index (χ3n) is 3.38. The van der Waals surface area contributed by atoms with Gasteiger partial charge >= 0.3 is 5.97 Å². The van der Waals surface area contributed by atoms with Crippen LogP contribution in [0.3, 0.4) is 0 Å². The standard InChI is InChI=1S/C17H19NO3S/c1-17(2,16(20)21)10-13-8-9-14(22-13)15(19)18-11-12-6-4-3-5-7-12/h3-9H,10-11H2,1-2H3,(H,18,19)(H,20,21). The van der Waals surface area contributed by atoms with E-state index < -0.39 is 11.4 Å². The van der Waals surface area contributed by atoms with Crippen LogP contribution in [0.15, 0.2) is 42.5 Å². The summed E-state index contributed by atoms with van der Waals surface area (Å²) in [5.41, 5.74) is 0.211. The SMILES string of the molecule is CC(C)(Cc1ccc(C(=O)NCc2ccccc2)s1)C(=O)O. The minimum atomic E-state index is -0.837. The van der Waals surface area contributed by atoms with Gasteiger partial charge in [-0.05, 0) is 38.0 Å². The number of carboxylic acids is 1. The fourth-order valence-electron chi connectivity index (χ4n) is 1.97. The summed E-state index contributed by atoms with van der Waals surface area (Å²) in [6.45, 7) is 3.85. The quantitative estimate of drug-likeness (QED) is 0.859. The van der Waals surface area contributed by atoms with Crippen molar-refractivity contribution in [2.45, 2.75) is 26.8 Å². The van der Waals surface area contributed by atoms with Gasteiger partial charge < -0.3 is 10.4 Å². The molecule has 4 nitrogen and oxygen atoms in total. The van der Waals surface area contributed by atoms with Crippen molar-refractivity contribution in [2.75, 3.05) is 0 Å². The monoisotopic (exact) mass is 317 g/mol. The van der Waals surface area contributed by atoms with Gasteiger partial charge in [0.25, 0.3) is 5.91 Å². The molecule has 0 radical (unpaired) electrons. The maximum Gasteiger partial charge on any atom is 0.309 e. The molecule has 2 rings (SSSR count). The predicted octanol–water partition coefficient (Wildman–Crippen LogP) is 3.33. The molecule has 0 saturated heterocycles. The highest BCUT2D eigenvalue weighted by atomic mass is 32.1. The van der Waals surface area contributed by atoms with Crippen molar-refractivity contribution in [2.24, 2.45) is 5.41 Å². The molecular weight excluding hydrogens is 298 g/mol. The second-order valence-electron chi connectivity index (χ2n) is 5.80. The van der Waals surface area contributed by atoms with Crippen LogP contribution < -0.4 is 5.32 Å². The van der Waals surface area contributed by atoms with E-state index in [0.29, 0.717) is 17.8 Å². The van der Waals surface area contributed by atoms with E-state index in [1.807, 2.05) is 36.4 Å². The molecule has 1 aromatic carbocycles. The molecule has 0 unspecified atom stereocenters. The maximum atomic E-state index is 12.1. The zero-order chi connectivity index (χ0) is 16.2. The minimum absolute atomic E-state index is 0.131. The lowest BCUT2D eigenvalue weighted by molar-refractivity contribution is -0.146.